The normalized spacial score (nSPS) is 14.5. The summed E-state index contributed by atoms with van der Waals surface area (Å²) in [6.07, 6.45) is -2.85. The van der Waals surface area contributed by atoms with Crippen molar-refractivity contribution in [2.75, 3.05) is 12.1 Å². The maximum atomic E-state index is 12.8. The van der Waals surface area contributed by atoms with Crippen LogP contribution in [-0.2, 0) is 17.5 Å². The first-order valence-electron chi connectivity index (χ1n) is 7.58. The first kappa shape index (κ1) is 16.4. The molecule has 0 atom stereocenters. The van der Waals surface area contributed by atoms with Gasteiger partial charge in [-0.05, 0) is 31.0 Å². The van der Waals surface area contributed by atoms with Crippen molar-refractivity contribution < 1.29 is 18.0 Å². The van der Waals surface area contributed by atoms with Crippen LogP contribution in [0.25, 0.3) is 0 Å². The van der Waals surface area contributed by atoms with E-state index in [0.29, 0.717) is 5.69 Å². The molecule has 5 nitrogen and oxygen atoms in total. The Kier molecular flexibility index (Phi) is 4.21. The van der Waals surface area contributed by atoms with Gasteiger partial charge >= 0.3 is 6.18 Å². The second kappa shape index (κ2) is 6.18. The standard InChI is InChI=1S/C16H17F3N4O/c1-22(12-5-3-2-4-6-12)21-15(24)10-23-13(11-7-8-11)9-14(20-23)16(17,18)19/h2-6,9,11H,7-8,10H2,1H3,(H,21,24). The molecule has 0 saturated heterocycles. The van der Waals surface area contributed by atoms with Gasteiger partial charge in [0.05, 0.1) is 5.69 Å². The quantitative estimate of drug-likeness (QED) is 0.853. The molecule has 128 valence electrons. The molecule has 24 heavy (non-hydrogen) atoms. The van der Waals surface area contributed by atoms with Crippen LogP contribution >= 0.6 is 0 Å². The molecule has 0 spiro atoms. The summed E-state index contributed by atoms with van der Waals surface area (Å²) in [4.78, 5) is 12.2. The maximum Gasteiger partial charge on any atom is 0.435 e. The van der Waals surface area contributed by atoms with Crippen molar-refractivity contribution in [1.29, 1.82) is 0 Å². The minimum absolute atomic E-state index is 0.0632. The Morgan fingerprint density at radius 2 is 2.00 bits per heavy atom. The third-order valence-electron chi connectivity index (χ3n) is 3.83. The van der Waals surface area contributed by atoms with Crippen LogP contribution in [-0.4, -0.2) is 22.7 Å². The number of alkyl halides is 3. The van der Waals surface area contributed by atoms with Gasteiger partial charge in [0.2, 0.25) is 0 Å². The Labute approximate surface area is 137 Å². The van der Waals surface area contributed by atoms with E-state index >= 15 is 0 Å². The van der Waals surface area contributed by atoms with Gasteiger partial charge in [-0.25, -0.2) is 0 Å². The number of hydrogen-bond acceptors (Lipinski definition) is 3. The van der Waals surface area contributed by atoms with Gasteiger partial charge in [-0.15, -0.1) is 0 Å². The molecule has 1 fully saturated rings. The van der Waals surface area contributed by atoms with E-state index < -0.39 is 17.8 Å². The summed E-state index contributed by atoms with van der Waals surface area (Å²) in [6, 6.07) is 10.2. The summed E-state index contributed by atoms with van der Waals surface area (Å²) in [5.41, 5.74) is 2.92. The van der Waals surface area contributed by atoms with Crippen LogP contribution in [0.4, 0.5) is 18.9 Å². The van der Waals surface area contributed by atoms with E-state index in [1.54, 1.807) is 7.05 Å². The molecule has 1 aromatic heterocycles. The number of nitrogens with zero attached hydrogens (tertiary/aromatic N) is 3. The van der Waals surface area contributed by atoms with E-state index in [-0.39, 0.29) is 12.5 Å². The first-order chi connectivity index (χ1) is 11.3. The number of para-hydroxylation sites is 1. The molecule has 1 aromatic carbocycles. The number of carbonyl (C=O) groups excluding carboxylic acids is 1. The molecule has 0 unspecified atom stereocenters. The van der Waals surface area contributed by atoms with Crippen molar-refractivity contribution in [1.82, 2.24) is 15.2 Å². The van der Waals surface area contributed by atoms with E-state index in [9.17, 15) is 18.0 Å². The Balaban J connectivity index is 1.71. The fraction of sp³-hybridized carbons (Fsp3) is 0.375. The number of nitrogens with one attached hydrogen (secondary N) is 1. The molecule has 1 saturated carbocycles. The number of amides is 1. The van der Waals surface area contributed by atoms with Gasteiger partial charge in [-0.3, -0.25) is 19.9 Å². The van der Waals surface area contributed by atoms with Gasteiger partial charge in [0.15, 0.2) is 5.69 Å². The molecule has 1 aliphatic carbocycles. The van der Waals surface area contributed by atoms with Gasteiger partial charge in [-0.2, -0.15) is 18.3 Å². The van der Waals surface area contributed by atoms with Crippen molar-refractivity contribution >= 4 is 11.6 Å². The zero-order valence-corrected chi connectivity index (χ0v) is 13.0. The monoisotopic (exact) mass is 338 g/mol. The van der Waals surface area contributed by atoms with Crippen molar-refractivity contribution in [2.24, 2.45) is 0 Å². The molecular weight excluding hydrogens is 321 g/mol. The number of halogens is 3. The summed E-state index contributed by atoms with van der Waals surface area (Å²) in [6.45, 7) is -0.251. The molecule has 1 heterocycles. The highest BCUT2D eigenvalue weighted by atomic mass is 19.4. The van der Waals surface area contributed by atoms with E-state index in [4.69, 9.17) is 0 Å². The Hall–Kier alpha value is -2.51. The fourth-order valence-electron chi connectivity index (χ4n) is 2.48. The predicted octanol–water partition coefficient (Wildman–Crippen LogP) is 2.95. The van der Waals surface area contributed by atoms with Gasteiger partial charge in [0, 0.05) is 18.7 Å². The lowest BCUT2D eigenvalue weighted by molar-refractivity contribution is -0.141. The number of aromatic nitrogens is 2. The van der Waals surface area contributed by atoms with E-state index in [1.165, 1.54) is 5.01 Å². The zero-order valence-electron chi connectivity index (χ0n) is 13.0. The SMILES string of the molecule is CN(NC(=O)Cn1nc(C(F)(F)F)cc1C1CC1)c1ccccc1. The number of anilines is 1. The van der Waals surface area contributed by atoms with Crippen LogP contribution in [0, 0.1) is 0 Å². The molecule has 0 radical (unpaired) electrons. The van der Waals surface area contributed by atoms with E-state index in [1.807, 2.05) is 30.3 Å². The predicted molar refractivity (Wildman–Crippen MR) is 82.2 cm³/mol. The largest absolute Gasteiger partial charge is 0.435 e. The minimum Gasteiger partial charge on any atom is -0.289 e. The molecule has 1 aliphatic rings. The van der Waals surface area contributed by atoms with Crippen molar-refractivity contribution in [2.45, 2.75) is 31.5 Å². The van der Waals surface area contributed by atoms with E-state index in [2.05, 4.69) is 10.5 Å². The van der Waals surface area contributed by atoms with Gasteiger partial charge in [0.1, 0.15) is 6.54 Å². The summed E-state index contributed by atoms with van der Waals surface area (Å²) in [5.74, 6) is -0.367. The second-order valence-corrected chi connectivity index (χ2v) is 5.81. The van der Waals surface area contributed by atoms with Crippen LogP contribution in [0.2, 0.25) is 0 Å². The summed E-state index contributed by atoms with van der Waals surface area (Å²) in [5, 5.41) is 5.10. The number of benzene rings is 1. The van der Waals surface area contributed by atoms with Crippen molar-refractivity contribution in [3.8, 4) is 0 Å². The highest BCUT2D eigenvalue weighted by molar-refractivity contribution is 5.77. The lowest BCUT2D eigenvalue weighted by Gasteiger charge is -2.20. The fourth-order valence-corrected chi connectivity index (χ4v) is 2.48. The molecule has 0 aliphatic heterocycles. The van der Waals surface area contributed by atoms with Crippen LogP contribution in [0.1, 0.15) is 30.1 Å². The summed E-state index contributed by atoms with van der Waals surface area (Å²) in [7, 11) is 1.67. The van der Waals surface area contributed by atoms with Crippen molar-refractivity contribution in [3.05, 3.63) is 47.8 Å². The molecule has 3 rings (SSSR count). The van der Waals surface area contributed by atoms with Gasteiger partial charge in [0.25, 0.3) is 5.91 Å². The number of hydrazine groups is 1. The second-order valence-electron chi connectivity index (χ2n) is 5.81. The third-order valence-corrected chi connectivity index (χ3v) is 3.83. The van der Waals surface area contributed by atoms with Gasteiger partial charge < -0.3 is 0 Å². The summed E-state index contributed by atoms with van der Waals surface area (Å²) < 4.78 is 39.7. The molecule has 1 amide bonds. The lowest BCUT2D eigenvalue weighted by Crippen LogP contribution is -2.41. The zero-order chi connectivity index (χ0) is 17.3. The Bertz CT molecular complexity index is 723. The molecule has 0 bridgehead atoms. The Morgan fingerprint density at radius 1 is 1.33 bits per heavy atom. The minimum atomic E-state index is -4.51. The maximum absolute atomic E-state index is 12.8. The topological polar surface area (TPSA) is 50.2 Å². The molecule has 8 heteroatoms. The lowest BCUT2D eigenvalue weighted by atomic mass is 10.2. The highest BCUT2D eigenvalue weighted by Gasteiger charge is 2.38. The average molecular weight is 338 g/mol. The van der Waals surface area contributed by atoms with Crippen LogP contribution in [0.5, 0.6) is 0 Å². The van der Waals surface area contributed by atoms with Crippen molar-refractivity contribution in [3.63, 3.8) is 0 Å². The van der Waals surface area contributed by atoms with Gasteiger partial charge in [-0.1, -0.05) is 18.2 Å². The average Bonchev–Trinajstić information content (AvgIpc) is 3.28. The van der Waals surface area contributed by atoms with Crippen LogP contribution < -0.4 is 10.4 Å². The Morgan fingerprint density at radius 3 is 2.58 bits per heavy atom. The summed E-state index contributed by atoms with van der Waals surface area (Å²) >= 11 is 0. The van der Waals surface area contributed by atoms with Crippen LogP contribution in [0.3, 0.4) is 0 Å². The highest BCUT2D eigenvalue weighted by Crippen LogP contribution is 2.42. The van der Waals surface area contributed by atoms with E-state index in [0.717, 1.165) is 29.3 Å². The number of rotatable bonds is 5. The van der Waals surface area contributed by atoms with Crippen LogP contribution in [0.15, 0.2) is 36.4 Å². The first-order valence-corrected chi connectivity index (χ1v) is 7.58. The number of carbonyl (C=O) groups is 1. The third kappa shape index (κ3) is 3.69. The molecular formula is C16H17F3N4O. The molecule has 1 N–H and O–H groups in total. The smallest absolute Gasteiger partial charge is 0.289 e. The molecule has 2 aromatic rings. The number of hydrogen-bond donors (Lipinski definition) is 1.